The average molecular weight is 382 g/mol. The second-order valence-corrected chi connectivity index (χ2v) is 7.57. The molecule has 0 spiro atoms. The van der Waals surface area contributed by atoms with Gasteiger partial charge in [-0.05, 0) is 56.7 Å². The van der Waals surface area contributed by atoms with Gasteiger partial charge in [-0.2, -0.15) is 0 Å². The van der Waals surface area contributed by atoms with Gasteiger partial charge in [-0.25, -0.2) is 4.98 Å². The van der Waals surface area contributed by atoms with Crippen LogP contribution < -0.4 is 10.1 Å². The second-order valence-electron chi connectivity index (χ2n) is 6.26. The van der Waals surface area contributed by atoms with E-state index < -0.39 is 0 Å². The molecule has 1 atom stereocenters. The summed E-state index contributed by atoms with van der Waals surface area (Å²) >= 11 is 1.31. The number of nitrogens with one attached hydrogen (secondary N) is 2. The molecule has 0 fully saturated rings. The summed E-state index contributed by atoms with van der Waals surface area (Å²) < 4.78 is 5.16. The monoisotopic (exact) mass is 382 g/mol. The van der Waals surface area contributed by atoms with Gasteiger partial charge in [-0.1, -0.05) is 29.5 Å². The molecule has 1 amide bonds. The van der Waals surface area contributed by atoms with Gasteiger partial charge in [0.2, 0.25) is 11.1 Å². The van der Waals surface area contributed by atoms with E-state index in [0.717, 1.165) is 22.6 Å². The molecule has 27 heavy (non-hydrogen) atoms. The Labute approximate surface area is 162 Å². The van der Waals surface area contributed by atoms with Gasteiger partial charge < -0.3 is 10.1 Å². The Kier molecular flexibility index (Phi) is 5.81. The summed E-state index contributed by atoms with van der Waals surface area (Å²) in [6.45, 7) is 5.85. The number of nitrogens with zero attached hydrogens (tertiary/aromatic N) is 2. The molecule has 140 valence electrons. The number of carbonyl (C=O) groups excluding carboxylic acids is 1. The van der Waals surface area contributed by atoms with Crippen LogP contribution in [0.15, 0.2) is 47.6 Å². The van der Waals surface area contributed by atoms with Crippen LogP contribution in [-0.2, 0) is 4.79 Å². The first-order valence-electron chi connectivity index (χ1n) is 8.58. The lowest BCUT2D eigenvalue weighted by Crippen LogP contribution is -2.23. The minimum Gasteiger partial charge on any atom is -0.497 e. The van der Waals surface area contributed by atoms with Crippen molar-refractivity contribution in [3.05, 3.63) is 53.6 Å². The van der Waals surface area contributed by atoms with Crippen molar-refractivity contribution in [1.82, 2.24) is 15.2 Å². The molecule has 0 aliphatic heterocycles. The number of aromatic amines is 1. The zero-order chi connectivity index (χ0) is 19.4. The number of hydrogen-bond acceptors (Lipinski definition) is 5. The lowest BCUT2D eigenvalue weighted by molar-refractivity contribution is -0.115. The molecule has 2 N–H and O–H groups in total. The number of rotatable bonds is 6. The van der Waals surface area contributed by atoms with Crippen LogP contribution in [0.3, 0.4) is 0 Å². The maximum absolute atomic E-state index is 12.5. The van der Waals surface area contributed by atoms with Crippen LogP contribution in [0.2, 0.25) is 0 Å². The molecule has 6 nitrogen and oxygen atoms in total. The number of H-pyrrole nitrogens is 1. The Bertz CT molecular complexity index is 937. The van der Waals surface area contributed by atoms with E-state index in [2.05, 4.69) is 20.5 Å². The fourth-order valence-electron chi connectivity index (χ4n) is 2.58. The highest BCUT2D eigenvalue weighted by Crippen LogP contribution is 2.25. The molecular formula is C20H22N4O2S. The molecular weight excluding hydrogens is 360 g/mol. The van der Waals surface area contributed by atoms with E-state index in [1.807, 2.05) is 63.2 Å². The topological polar surface area (TPSA) is 79.9 Å². The number of carbonyl (C=O) groups is 1. The lowest BCUT2D eigenvalue weighted by atomic mass is 10.1. The van der Waals surface area contributed by atoms with Gasteiger partial charge in [-0.3, -0.25) is 9.89 Å². The van der Waals surface area contributed by atoms with Crippen molar-refractivity contribution < 1.29 is 9.53 Å². The maximum Gasteiger partial charge on any atom is 0.237 e. The molecule has 0 aliphatic rings. The number of methoxy groups -OCH3 is 1. The standard InChI is InChI=1S/C20H22N4O2S/c1-12-5-10-17(13(2)11-12)21-19(25)14(3)27-20-22-18(23-24-20)15-6-8-16(26-4)9-7-15/h5-11,14H,1-4H3,(H,21,25)(H,22,23,24)/t14-/m0/s1. The lowest BCUT2D eigenvalue weighted by Gasteiger charge is -2.12. The molecule has 0 aliphatic carbocycles. The van der Waals surface area contributed by atoms with Gasteiger partial charge in [-0.15, -0.1) is 5.10 Å². The average Bonchev–Trinajstić information content (AvgIpc) is 3.12. The summed E-state index contributed by atoms with van der Waals surface area (Å²) in [5.74, 6) is 1.36. The summed E-state index contributed by atoms with van der Waals surface area (Å²) in [4.78, 5) is 17.0. The summed E-state index contributed by atoms with van der Waals surface area (Å²) in [7, 11) is 1.63. The predicted molar refractivity (Wildman–Crippen MR) is 108 cm³/mol. The molecule has 0 unspecified atom stereocenters. The summed E-state index contributed by atoms with van der Waals surface area (Å²) in [6, 6.07) is 13.5. The van der Waals surface area contributed by atoms with E-state index in [-0.39, 0.29) is 11.2 Å². The Morgan fingerprint density at radius 1 is 1.19 bits per heavy atom. The van der Waals surface area contributed by atoms with Crippen molar-refractivity contribution in [2.45, 2.75) is 31.2 Å². The van der Waals surface area contributed by atoms with Crippen LogP contribution >= 0.6 is 11.8 Å². The van der Waals surface area contributed by atoms with Gasteiger partial charge in [0.15, 0.2) is 5.82 Å². The Hall–Kier alpha value is -2.80. The van der Waals surface area contributed by atoms with Crippen molar-refractivity contribution in [1.29, 1.82) is 0 Å². The van der Waals surface area contributed by atoms with Crippen molar-refractivity contribution in [2.75, 3.05) is 12.4 Å². The van der Waals surface area contributed by atoms with Crippen LogP contribution in [-0.4, -0.2) is 33.4 Å². The molecule has 1 aromatic heterocycles. The minimum atomic E-state index is -0.328. The number of aryl methyl sites for hydroxylation is 2. The third-order valence-electron chi connectivity index (χ3n) is 4.12. The summed E-state index contributed by atoms with van der Waals surface area (Å²) in [5, 5.41) is 10.3. The predicted octanol–water partition coefficient (Wildman–Crippen LogP) is 4.22. The number of hydrogen-bond donors (Lipinski definition) is 2. The summed E-state index contributed by atoms with van der Waals surface area (Å²) in [6.07, 6.45) is 0. The van der Waals surface area contributed by atoms with E-state index in [0.29, 0.717) is 11.0 Å². The van der Waals surface area contributed by atoms with Crippen molar-refractivity contribution in [3.63, 3.8) is 0 Å². The quantitative estimate of drug-likeness (QED) is 0.624. The maximum atomic E-state index is 12.5. The number of thioether (sulfide) groups is 1. The zero-order valence-corrected chi connectivity index (χ0v) is 16.6. The number of anilines is 1. The first-order chi connectivity index (χ1) is 13.0. The molecule has 3 rings (SSSR count). The highest BCUT2D eigenvalue weighted by atomic mass is 32.2. The Balaban J connectivity index is 1.64. The van der Waals surface area contributed by atoms with Crippen molar-refractivity contribution in [2.24, 2.45) is 0 Å². The van der Waals surface area contributed by atoms with E-state index in [1.165, 1.54) is 17.3 Å². The van der Waals surface area contributed by atoms with E-state index in [1.54, 1.807) is 7.11 Å². The number of amides is 1. The number of aromatic nitrogens is 3. The fourth-order valence-corrected chi connectivity index (χ4v) is 3.30. The molecule has 7 heteroatoms. The third kappa shape index (κ3) is 4.68. The molecule has 1 heterocycles. The molecule has 0 bridgehead atoms. The molecule has 3 aromatic rings. The van der Waals surface area contributed by atoms with E-state index in [9.17, 15) is 4.79 Å². The first-order valence-corrected chi connectivity index (χ1v) is 9.46. The Morgan fingerprint density at radius 2 is 1.93 bits per heavy atom. The van der Waals surface area contributed by atoms with Crippen LogP contribution in [0, 0.1) is 13.8 Å². The zero-order valence-electron chi connectivity index (χ0n) is 15.7. The normalized spacial score (nSPS) is 11.9. The van der Waals surface area contributed by atoms with Gasteiger partial charge in [0, 0.05) is 11.3 Å². The van der Waals surface area contributed by atoms with Crippen molar-refractivity contribution >= 4 is 23.4 Å². The number of ether oxygens (including phenoxy) is 1. The third-order valence-corrected chi connectivity index (χ3v) is 5.08. The van der Waals surface area contributed by atoms with Gasteiger partial charge in [0.1, 0.15) is 5.75 Å². The van der Waals surface area contributed by atoms with Crippen LogP contribution in [0.4, 0.5) is 5.69 Å². The number of benzene rings is 2. The van der Waals surface area contributed by atoms with Gasteiger partial charge in [0.25, 0.3) is 0 Å². The first kappa shape index (κ1) is 19.0. The van der Waals surface area contributed by atoms with E-state index >= 15 is 0 Å². The van der Waals surface area contributed by atoms with Gasteiger partial charge >= 0.3 is 0 Å². The smallest absolute Gasteiger partial charge is 0.237 e. The van der Waals surface area contributed by atoms with Crippen LogP contribution in [0.25, 0.3) is 11.4 Å². The SMILES string of the molecule is COc1ccc(-c2nc(S[C@@H](C)C(=O)Nc3ccc(C)cc3C)n[nH]2)cc1. The Morgan fingerprint density at radius 3 is 2.59 bits per heavy atom. The van der Waals surface area contributed by atoms with E-state index in [4.69, 9.17) is 4.74 Å². The summed E-state index contributed by atoms with van der Waals surface area (Å²) in [5.41, 5.74) is 3.94. The largest absolute Gasteiger partial charge is 0.497 e. The van der Waals surface area contributed by atoms with Gasteiger partial charge in [0.05, 0.1) is 12.4 Å². The highest BCUT2D eigenvalue weighted by Gasteiger charge is 2.18. The molecule has 2 aromatic carbocycles. The molecule has 0 saturated heterocycles. The highest BCUT2D eigenvalue weighted by molar-refractivity contribution is 8.00. The molecule has 0 saturated carbocycles. The van der Waals surface area contributed by atoms with Crippen LogP contribution in [0.1, 0.15) is 18.1 Å². The fraction of sp³-hybridized carbons (Fsp3) is 0.250. The minimum absolute atomic E-state index is 0.0808. The van der Waals surface area contributed by atoms with Crippen LogP contribution in [0.5, 0.6) is 5.75 Å². The van der Waals surface area contributed by atoms with Crippen molar-refractivity contribution in [3.8, 4) is 17.1 Å². The molecule has 0 radical (unpaired) electrons. The second kappa shape index (κ2) is 8.26.